The second-order valence-corrected chi connectivity index (χ2v) is 9.79. The first-order valence-electron chi connectivity index (χ1n) is 12.5. The molecule has 3 aromatic rings. The number of aliphatic hydroxyl groups excluding tert-OH is 2. The molecule has 1 fully saturated rings. The highest BCUT2D eigenvalue weighted by Gasteiger charge is 2.50. The molecule has 5 atom stereocenters. The van der Waals surface area contributed by atoms with Crippen LogP contribution in [0.15, 0.2) is 24.3 Å². The highest BCUT2D eigenvalue weighted by Crippen LogP contribution is 2.53. The fourth-order valence-corrected chi connectivity index (χ4v) is 4.71. The standard InChI is InChI=1S/C27H22O18/c28-9-1-6(2-10(29)16(9)32)24(39)45-27-22(38)23-19(35)13(43-27)5-42-25(40)7-3-11(30)17(33)20(36)14(7)15-8(26(41)44-23)4-12(31)18(34)21(15)37/h1-4,13,19,22-23,27-38H,5H2/t13-,19?,22-,23?,27?/m1/s1. The molecule has 0 aromatic heterocycles. The number of carbonyl (C=O) groups is 3. The van der Waals surface area contributed by atoms with Crippen molar-refractivity contribution in [2.75, 3.05) is 6.61 Å². The molecule has 0 saturated carbocycles. The Morgan fingerprint density at radius 2 is 1.16 bits per heavy atom. The van der Waals surface area contributed by atoms with Crippen LogP contribution in [0.4, 0.5) is 0 Å². The molecule has 11 N–H and O–H groups in total. The van der Waals surface area contributed by atoms with Crippen molar-refractivity contribution in [2.24, 2.45) is 0 Å². The monoisotopic (exact) mass is 634 g/mol. The summed E-state index contributed by atoms with van der Waals surface area (Å²) < 4.78 is 20.8. The van der Waals surface area contributed by atoms with Gasteiger partial charge in [-0.2, -0.15) is 0 Å². The second kappa shape index (κ2) is 11.0. The molecule has 2 aliphatic heterocycles. The van der Waals surface area contributed by atoms with E-state index in [1.807, 2.05) is 0 Å². The SMILES string of the molecule is O=C(OC1O[C@@H]2COC(=O)c3cc(O)c(O)c(O)c3-c3c(cc(O)c(O)c3O)C(=O)OC(C2O)[C@H]1O)c1cc(O)c(O)c(O)c1. The fourth-order valence-electron chi connectivity index (χ4n) is 4.71. The van der Waals surface area contributed by atoms with E-state index < -0.39 is 135 Å². The molecule has 238 valence electrons. The van der Waals surface area contributed by atoms with E-state index in [9.17, 15) is 70.6 Å². The Morgan fingerprint density at radius 3 is 1.69 bits per heavy atom. The first kappa shape index (κ1) is 30.6. The van der Waals surface area contributed by atoms with Gasteiger partial charge in [0.2, 0.25) is 17.8 Å². The van der Waals surface area contributed by atoms with Gasteiger partial charge in [0.15, 0.2) is 52.5 Å². The van der Waals surface area contributed by atoms with Crippen molar-refractivity contribution >= 4 is 17.9 Å². The Hall–Kier alpha value is -5.85. The molecule has 0 amide bonds. The number of fused-ring (bicyclic) bond motifs is 5. The number of hydrogen-bond acceptors (Lipinski definition) is 18. The molecule has 0 aliphatic carbocycles. The minimum Gasteiger partial charge on any atom is -0.504 e. The van der Waals surface area contributed by atoms with Gasteiger partial charge in [0.25, 0.3) is 0 Å². The highest BCUT2D eigenvalue weighted by atomic mass is 16.7. The molecule has 3 unspecified atom stereocenters. The Kier molecular flexibility index (Phi) is 7.49. The predicted molar refractivity (Wildman–Crippen MR) is 139 cm³/mol. The van der Waals surface area contributed by atoms with Crippen molar-refractivity contribution in [3.63, 3.8) is 0 Å². The van der Waals surface area contributed by atoms with Crippen molar-refractivity contribution < 1.29 is 89.5 Å². The summed E-state index contributed by atoms with van der Waals surface area (Å²) in [4.78, 5) is 39.4. The van der Waals surface area contributed by atoms with Gasteiger partial charge in [0, 0.05) is 11.1 Å². The van der Waals surface area contributed by atoms with Crippen molar-refractivity contribution in [1.82, 2.24) is 0 Å². The van der Waals surface area contributed by atoms with Gasteiger partial charge in [0.05, 0.1) is 16.7 Å². The van der Waals surface area contributed by atoms with Gasteiger partial charge in [-0.05, 0) is 24.3 Å². The third-order valence-corrected chi connectivity index (χ3v) is 6.99. The molecule has 3 aromatic carbocycles. The zero-order chi connectivity index (χ0) is 33.1. The van der Waals surface area contributed by atoms with Crippen molar-refractivity contribution in [3.05, 3.63) is 41.0 Å². The summed E-state index contributed by atoms with van der Waals surface area (Å²) >= 11 is 0. The van der Waals surface area contributed by atoms with E-state index in [0.717, 1.165) is 0 Å². The lowest BCUT2D eigenvalue weighted by molar-refractivity contribution is -0.284. The van der Waals surface area contributed by atoms with Crippen LogP contribution in [-0.4, -0.2) is 111 Å². The molecule has 45 heavy (non-hydrogen) atoms. The molecule has 18 nitrogen and oxygen atoms in total. The van der Waals surface area contributed by atoms with E-state index >= 15 is 0 Å². The maximum Gasteiger partial charge on any atom is 0.340 e. The normalized spacial score (nSPS) is 22.9. The van der Waals surface area contributed by atoms with Crippen molar-refractivity contribution in [2.45, 2.75) is 30.7 Å². The lowest BCUT2D eigenvalue weighted by Crippen LogP contribution is -2.61. The van der Waals surface area contributed by atoms with E-state index in [4.69, 9.17) is 18.9 Å². The van der Waals surface area contributed by atoms with Gasteiger partial charge in [-0.25, -0.2) is 14.4 Å². The van der Waals surface area contributed by atoms with Crippen LogP contribution in [0.1, 0.15) is 31.1 Å². The van der Waals surface area contributed by atoms with Gasteiger partial charge in [-0.1, -0.05) is 0 Å². The van der Waals surface area contributed by atoms with Crippen LogP contribution in [0.3, 0.4) is 0 Å². The van der Waals surface area contributed by atoms with Gasteiger partial charge in [0.1, 0.15) is 18.8 Å². The van der Waals surface area contributed by atoms with Crippen LogP contribution < -0.4 is 0 Å². The number of phenols is 9. The number of ether oxygens (including phenoxy) is 4. The third-order valence-electron chi connectivity index (χ3n) is 6.99. The summed E-state index contributed by atoms with van der Waals surface area (Å²) in [5.74, 6) is -14.5. The van der Waals surface area contributed by atoms with Crippen LogP contribution in [0, 0.1) is 0 Å². The number of hydrogen-bond donors (Lipinski definition) is 11. The molecular formula is C27H22O18. The summed E-state index contributed by atoms with van der Waals surface area (Å²) in [6.07, 6.45) is -10.2. The molecule has 2 aliphatic rings. The lowest BCUT2D eigenvalue weighted by atomic mass is 9.91. The molecule has 0 spiro atoms. The summed E-state index contributed by atoms with van der Waals surface area (Å²) in [7, 11) is 0. The van der Waals surface area contributed by atoms with Crippen LogP contribution in [0.5, 0.6) is 51.7 Å². The number of aromatic hydroxyl groups is 9. The number of aliphatic hydroxyl groups is 2. The molecule has 1 saturated heterocycles. The van der Waals surface area contributed by atoms with Gasteiger partial charge < -0.3 is 75.1 Å². The van der Waals surface area contributed by atoms with Crippen LogP contribution in [0.25, 0.3) is 11.1 Å². The number of phenolic OH excluding ortho intramolecular Hbond substituents is 9. The van der Waals surface area contributed by atoms with Gasteiger partial charge >= 0.3 is 17.9 Å². The summed E-state index contributed by atoms with van der Waals surface area (Å²) in [5, 5.41) is 113. The maximum atomic E-state index is 13.5. The quantitative estimate of drug-likeness (QED) is 0.0979. The Morgan fingerprint density at radius 1 is 0.667 bits per heavy atom. The summed E-state index contributed by atoms with van der Waals surface area (Å²) in [6, 6.07) is 2.45. The average Bonchev–Trinajstić information content (AvgIpc) is 2.99. The number of cyclic esters (lactones) is 1. The molecule has 2 bridgehead atoms. The number of esters is 3. The van der Waals surface area contributed by atoms with Gasteiger partial charge in [-0.15, -0.1) is 0 Å². The summed E-state index contributed by atoms with van der Waals surface area (Å²) in [6.45, 7) is -0.947. The fraction of sp³-hybridized carbons (Fsp3) is 0.222. The zero-order valence-electron chi connectivity index (χ0n) is 22.2. The first-order chi connectivity index (χ1) is 21.1. The first-order valence-corrected chi connectivity index (χ1v) is 12.5. The van der Waals surface area contributed by atoms with Crippen molar-refractivity contribution in [1.29, 1.82) is 0 Å². The van der Waals surface area contributed by atoms with E-state index in [1.165, 1.54) is 0 Å². The van der Waals surface area contributed by atoms with E-state index in [-0.39, 0.29) is 0 Å². The maximum absolute atomic E-state index is 13.5. The molecule has 0 radical (unpaired) electrons. The molecule has 18 heteroatoms. The topological polar surface area (TPSA) is 311 Å². The average molecular weight is 634 g/mol. The second-order valence-electron chi connectivity index (χ2n) is 9.79. The lowest BCUT2D eigenvalue weighted by Gasteiger charge is -2.41. The number of rotatable bonds is 2. The highest BCUT2D eigenvalue weighted by molar-refractivity contribution is 6.08. The van der Waals surface area contributed by atoms with E-state index in [2.05, 4.69) is 0 Å². The molecular weight excluding hydrogens is 612 g/mol. The third kappa shape index (κ3) is 5.07. The van der Waals surface area contributed by atoms with Crippen LogP contribution in [-0.2, 0) is 18.9 Å². The molecule has 5 rings (SSSR count). The molecule has 2 heterocycles. The van der Waals surface area contributed by atoms with Crippen LogP contribution >= 0.6 is 0 Å². The Bertz CT molecular complexity index is 1730. The minimum absolute atomic E-state index is 0.508. The number of benzene rings is 3. The summed E-state index contributed by atoms with van der Waals surface area (Å²) in [5.41, 5.74) is -4.12. The Balaban J connectivity index is 1.61. The van der Waals surface area contributed by atoms with E-state index in [1.54, 1.807) is 0 Å². The zero-order valence-corrected chi connectivity index (χ0v) is 22.2. The Labute approximate surface area is 248 Å². The number of carbonyl (C=O) groups excluding carboxylic acids is 3. The minimum atomic E-state index is -2.22. The smallest absolute Gasteiger partial charge is 0.340 e. The van der Waals surface area contributed by atoms with Crippen molar-refractivity contribution in [3.8, 4) is 62.9 Å². The largest absolute Gasteiger partial charge is 0.504 e. The van der Waals surface area contributed by atoms with Crippen LogP contribution in [0.2, 0.25) is 0 Å². The predicted octanol–water partition coefficient (Wildman–Crippen LogP) is -0.297. The van der Waals surface area contributed by atoms with Gasteiger partial charge in [-0.3, -0.25) is 0 Å². The van der Waals surface area contributed by atoms with E-state index in [0.29, 0.717) is 24.3 Å².